The Hall–Kier alpha value is -2.05. The Morgan fingerprint density at radius 3 is 2.54 bits per heavy atom. The second-order valence-electron chi connectivity index (χ2n) is 6.68. The van der Waals surface area contributed by atoms with Crippen molar-refractivity contribution >= 4 is 11.9 Å². The summed E-state index contributed by atoms with van der Waals surface area (Å²) in [4.78, 5) is 32.0. The third kappa shape index (κ3) is 4.07. The van der Waals surface area contributed by atoms with Gasteiger partial charge < -0.3 is 19.5 Å². The van der Waals surface area contributed by atoms with Crippen molar-refractivity contribution in [1.82, 2.24) is 20.1 Å². The van der Waals surface area contributed by atoms with E-state index < -0.39 is 0 Å². The van der Waals surface area contributed by atoms with Crippen LogP contribution in [0.1, 0.15) is 61.2 Å². The van der Waals surface area contributed by atoms with E-state index in [4.69, 9.17) is 4.42 Å². The van der Waals surface area contributed by atoms with Crippen molar-refractivity contribution in [3.63, 3.8) is 0 Å². The summed E-state index contributed by atoms with van der Waals surface area (Å²) >= 11 is 0. The standard InChI is InChI=1S/C17H28N4O3/c1-6-11(2)18-17(23)21-9-7-13(8-10-21)15-19-14(12(3)24-15)16(22)20(4)5/h11,13H,6-10H2,1-5H3,(H,18,23). The average Bonchev–Trinajstić information content (AvgIpc) is 2.95. The van der Waals surface area contributed by atoms with Crippen LogP contribution < -0.4 is 5.32 Å². The van der Waals surface area contributed by atoms with Gasteiger partial charge in [0.1, 0.15) is 5.76 Å². The molecule has 0 spiro atoms. The normalized spacial score (nSPS) is 16.8. The van der Waals surface area contributed by atoms with E-state index in [-0.39, 0.29) is 23.9 Å². The number of piperidine rings is 1. The molecule has 1 unspecified atom stereocenters. The Morgan fingerprint density at radius 1 is 1.38 bits per heavy atom. The molecule has 1 aromatic heterocycles. The molecule has 24 heavy (non-hydrogen) atoms. The molecule has 0 saturated carbocycles. The van der Waals surface area contributed by atoms with Crippen LogP contribution in [0.25, 0.3) is 0 Å². The fourth-order valence-electron chi connectivity index (χ4n) is 2.74. The molecule has 1 atom stereocenters. The molecule has 1 fully saturated rings. The summed E-state index contributed by atoms with van der Waals surface area (Å²) in [6.45, 7) is 7.16. The number of carbonyl (C=O) groups is 2. The van der Waals surface area contributed by atoms with Gasteiger partial charge in [0.25, 0.3) is 5.91 Å². The highest BCUT2D eigenvalue weighted by molar-refractivity contribution is 5.92. The maximum absolute atomic E-state index is 12.2. The van der Waals surface area contributed by atoms with Crippen molar-refractivity contribution in [2.75, 3.05) is 27.2 Å². The minimum absolute atomic E-state index is 0.00476. The molecule has 3 amide bonds. The molecule has 2 rings (SSSR count). The van der Waals surface area contributed by atoms with Crippen molar-refractivity contribution in [1.29, 1.82) is 0 Å². The molecule has 1 saturated heterocycles. The molecule has 7 heteroatoms. The summed E-state index contributed by atoms with van der Waals surface area (Å²) in [5, 5.41) is 2.99. The van der Waals surface area contributed by atoms with Crippen LogP contribution in [0.2, 0.25) is 0 Å². The van der Waals surface area contributed by atoms with Crippen LogP contribution in [0.4, 0.5) is 4.79 Å². The minimum atomic E-state index is -0.145. The summed E-state index contributed by atoms with van der Waals surface area (Å²) in [7, 11) is 3.40. The number of nitrogens with zero attached hydrogens (tertiary/aromatic N) is 3. The van der Waals surface area contributed by atoms with E-state index in [0.29, 0.717) is 30.4 Å². The largest absolute Gasteiger partial charge is 0.445 e. The monoisotopic (exact) mass is 336 g/mol. The lowest BCUT2D eigenvalue weighted by Gasteiger charge is -2.31. The van der Waals surface area contributed by atoms with Crippen LogP contribution in [0.3, 0.4) is 0 Å². The number of likely N-dealkylation sites (tertiary alicyclic amines) is 1. The van der Waals surface area contributed by atoms with Crippen molar-refractivity contribution < 1.29 is 14.0 Å². The molecule has 7 nitrogen and oxygen atoms in total. The van der Waals surface area contributed by atoms with Gasteiger partial charge in [0.15, 0.2) is 11.6 Å². The number of hydrogen-bond acceptors (Lipinski definition) is 4. The number of aryl methyl sites for hydroxylation is 1. The summed E-state index contributed by atoms with van der Waals surface area (Å²) in [5.74, 6) is 1.17. The number of carbonyl (C=O) groups excluding carboxylic acids is 2. The zero-order valence-corrected chi connectivity index (χ0v) is 15.3. The lowest BCUT2D eigenvalue weighted by Crippen LogP contribution is -2.46. The van der Waals surface area contributed by atoms with Gasteiger partial charge in [-0.25, -0.2) is 9.78 Å². The van der Waals surface area contributed by atoms with Gasteiger partial charge in [-0.1, -0.05) is 6.92 Å². The number of aromatic nitrogens is 1. The van der Waals surface area contributed by atoms with Crippen molar-refractivity contribution in [3.8, 4) is 0 Å². The molecule has 0 aliphatic carbocycles. The van der Waals surface area contributed by atoms with E-state index in [1.54, 1.807) is 21.0 Å². The van der Waals surface area contributed by atoms with E-state index >= 15 is 0 Å². The first-order valence-corrected chi connectivity index (χ1v) is 8.57. The molecule has 1 aliphatic rings. The number of hydrogen-bond donors (Lipinski definition) is 1. The maximum Gasteiger partial charge on any atom is 0.317 e. The molecule has 0 aromatic carbocycles. The molecule has 0 radical (unpaired) electrons. The molecule has 1 aromatic rings. The first kappa shape index (κ1) is 18.3. The Balaban J connectivity index is 1.96. The predicted molar refractivity (Wildman–Crippen MR) is 91.1 cm³/mol. The molecular weight excluding hydrogens is 308 g/mol. The zero-order chi connectivity index (χ0) is 17.9. The lowest BCUT2D eigenvalue weighted by atomic mass is 9.97. The predicted octanol–water partition coefficient (Wildman–Crippen LogP) is 2.37. The number of urea groups is 1. The summed E-state index contributed by atoms with van der Waals surface area (Å²) in [5.41, 5.74) is 0.381. The van der Waals surface area contributed by atoms with Gasteiger partial charge in [0.05, 0.1) is 0 Å². The number of nitrogens with one attached hydrogen (secondary N) is 1. The van der Waals surface area contributed by atoms with E-state index in [1.165, 1.54) is 4.90 Å². The first-order valence-electron chi connectivity index (χ1n) is 8.57. The number of rotatable bonds is 4. The van der Waals surface area contributed by atoms with Crippen LogP contribution in [-0.2, 0) is 0 Å². The molecule has 0 bridgehead atoms. The highest BCUT2D eigenvalue weighted by Crippen LogP contribution is 2.29. The second-order valence-corrected chi connectivity index (χ2v) is 6.68. The Labute approximate surface area is 143 Å². The topological polar surface area (TPSA) is 78.7 Å². The molecule has 134 valence electrons. The molecule has 1 N–H and O–H groups in total. The Morgan fingerprint density at radius 2 is 2.00 bits per heavy atom. The summed E-state index contributed by atoms with van der Waals surface area (Å²) < 4.78 is 5.73. The lowest BCUT2D eigenvalue weighted by molar-refractivity contribution is 0.0821. The van der Waals surface area contributed by atoms with Gasteiger partial charge in [-0.15, -0.1) is 0 Å². The van der Waals surface area contributed by atoms with Crippen LogP contribution >= 0.6 is 0 Å². The second kappa shape index (κ2) is 7.68. The highest BCUT2D eigenvalue weighted by Gasteiger charge is 2.29. The quantitative estimate of drug-likeness (QED) is 0.915. The number of amides is 3. The first-order chi connectivity index (χ1) is 11.3. The summed E-state index contributed by atoms with van der Waals surface area (Å²) in [6.07, 6.45) is 2.51. The Kier molecular flexibility index (Phi) is 5.85. The van der Waals surface area contributed by atoms with E-state index in [1.807, 2.05) is 11.8 Å². The maximum atomic E-state index is 12.2. The van der Waals surface area contributed by atoms with Gasteiger partial charge in [0, 0.05) is 39.1 Å². The average molecular weight is 336 g/mol. The molecule has 2 heterocycles. The van der Waals surface area contributed by atoms with Gasteiger partial charge in [-0.2, -0.15) is 0 Å². The zero-order valence-electron chi connectivity index (χ0n) is 15.3. The highest BCUT2D eigenvalue weighted by atomic mass is 16.4. The van der Waals surface area contributed by atoms with E-state index in [0.717, 1.165) is 19.3 Å². The van der Waals surface area contributed by atoms with Gasteiger partial charge in [-0.05, 0) is 33.1 Å². The van der Waals surface area contributed by atoms with Crippen LogP contribution in [0, 0.1) is 6.92 Å². The third-order valence-electron chi connectivity index (χ3n) is 4.54. The molecular formula is C17H28N4O3. The fraction of sp³-hybridized carbons (Fsp3) is 0.706. The fourth-order valence-corrected chi connectivity index (χ4v) is 2.74. The van der Waals surface area contributed by atoms with Crippen molar-refractivity contribution in [2.45, 2.75) is 52.0 Å². The summed E-state index contributed by atoms with van der Waals surface area (Å²) in [6, 6.07) is 0.180. The van der Waals surface area contributed by atoms with Crippen LogP contribution in [0.5, 0.6) is 0 Å². The van der Waals surface area contributed by atoms with E-state index in [2.05, 4.69) is 17.2 Å². The van der Waals surface area contributed by atoms with E-state index in [9.17, 15) is 9.59 Å². The van der Waals surface area contributed by atoms with Crippen molar-refractivity contribution in [2.24, 2.45) is 0 Å². The SMILES string of the molecule is CCC(C)NC(=O)N1CCC(c2nc(C(=O)N(C)C)c(C)o2)CC1. The van der Waals surface area contributed by atoms with Gasteiger partial charge in [-0.3, -0.25) is 4.79 Å². The van der Waals surface area contributed by atoms with Crippen LogP contribution in [0.15, 0.2) is 4.42 Å². The van der Waals surface area contributed by atoms with Gasteiger partial charge in [0.2, 0.25) is 0 Å². The smallest absolute Gasteiger partial charge is 0.317 e. The third-order valence-corrected chi connectivity index (χ3v) is 4.54. The van der Waals surface area contributed by atoms with Crippen LogP contribution in [-0.4, -0.2) is 59.9 Å². The number of oxazole rings is 1. The molecule has 1 aliphatic heterocycles. The van der Waals surface area contributed by atoms with Crippen molar-refractivity contribution in [3.05, 3.63) is 17.3 Å². The minimum Gasteiger partial charge on any atom is -0.445 e. The Bertz CT molecular complexity index is 589. The van der Waals surface area contributed by atoms with Gasteiger partial charge >= 0.3 is 6.03 Å².